The Kier molecular flexibility index (Phi) is 5.06. The second-order valence-corrected chi connectivity index (χ2v) is 6.59. The van der Waals surface area contributed by atoms with E-state index in [9.17, 15) is 0 Å². The molecule has 0 radical (unpaired) electrons. The van der Waals surface area contributed by atoms with Crippen molar-refractivity contribution in [2.75, 3.05) is 26.9 Å². The molecule has 1 aromatic rings. The standard InChI is InChI=1S/C17H27NO2/c1-13-11-20-15-8-6-5-7-14(15)16(13)18-12-17(2,3)9-10-19-4/h5-8,13,16,18H,9-12H2,1-4H3. The van der Waals surface area contributed by atoms with Crippen LogP contribution in [0.2, 0.25) is 0 Å². The van der Waals surface area contributed by atoms with Gasteiger partial charge in [-0.05, 0) is 17.9 Å². The van der Waals surface area contributed by atoms with Crippen LogP contribution in [0.1, 0.15) is 38.8 Å². The van der Waals surface area contributed by atoms with E-state index in [1.165, 1.54) is 5.56 Å². The lowest BCUT2D eigenvalue weighted by Gasteiger charge is -2.35. The van der Waals surface area contributed by atoms with Gasteiger partial charge in [0.2, 0.25) is 0 Å². The predicted octanol–water partition coefficient (Wildman–Crippen LogP) is 3.41. The Labute approximate surface area is 122 Å². The summed E-state index contributed by atoms with van der Waals surface area (Å²) >= 11 is 0. The molecule has 0 bridgehead atoms. The second kappa shape index (κ2) is 6.59. The van der Waals surface area contributed by atoms with Crippen LogP contribution in [0, 0.1) is 11.3 Å². The molecule has 0 aromatic heterocycles. The number of methoxy groups -OCH3 is 1. The fraction of sp³-hybridized carbons (Fsp3) is 0.647. The zero-order chi connectivity index (χ0) is 14.6. The third-order valence-electron chi connectivity index (χ3n) is 4.11. The molecule has 1 aliphatic rings. The van der Waals surface area contributed by atoms with Gasteiger partial charge in [-0.2, -0.15) is 0 Å². The normalized spacial score (nSPS) is 22.2. The molecular weight excluding hydrogens is 250 g/mol. The van der Waals surface area contributed by atoms with E-state index in [0.29, 0.717) is 12.0 Å². The number of hydrogen-bond acceptors (Lipinski definition) is 3. The van der Waals surface area contributed by atoms with Crippen LogP contribution in [0.25, 0.3) is 0 Å². The summed E-state index contributed by atoms with van der Waals surface area (Å²) in [5, 5.41) is 3.74. The molecule has 2 atom stereocenters. The Morgan fingerprint density at radius 2 is 2.10 bits per heavy atom. The molecule has 1 aromatic carbocycles. The van der Waals surface area contributed by atoms with E-state index in [0.717, 1.165) is 31.9 Å². The Bertz CT molecular complexity index is 431. The molecule has 0 aliphatic carbocycles. The van der Waals surface area contributed by atoms with Gasteiger partial charge >= 0.3 is 0 Å². The van der Waals surface area contributed by atoms with Gasteiger partial charge < -0.3 is 14.8 Å². The van der Waals surface area contributed by atoms with Crippen molar-refractivity contribution >= 4 is 0 Å². The molecule has 20 heavy (non-hydrogen) atoms. The van der Waals surface area contributed by atoms with Gasteiger partial charge in [-0.15, -0.1) is 0 Å². The molecule has 1 aliphatic heterocycles. The summed E-state index contributed by atoms with van der Waals surface area (Å²) in [5.74, 6) is 1.51. The van der Waals surface area contributed by atoms with Gasteiger partial charge in [0.25, 0.3) is 0 Å². The minimum Gasteiger partial charge on any atom is -0.493 e. The lowest BCUT2D eigenvalue weighted by Crippen LogP contribution is -2.39. The Morgan fingerprint density at radius 3 is 2.85 bits per heavy atom. The SMILES string of the molecule is COCCC(C)(C)CNC1c2ccccc2OCC1C. The summed E-state index contributed by atoms with van der Waals surface area (Å²) in [6.07, 6.45) is 1.07. The smallest absolute Gasteiger partial charge is 0.124 e. The molecule has 112 valence electrons. The highest BCUT2D eigenvalue weighted by atomic mass is 16.5. The number of ether oxygens (including phenoxy) is 2. The molecule has 0 amide bonds. The van der Waals surface area contributed by atoms with Crippen LogP contribution in [0.4, 0.5) is 0 Å². The van der Waals surface area contributed by atoms with Gasteiger partial charge in [0, 0.05) is 37.8 Å². The number of nitrogens with one attached hydrogen (secondary N) is 1. The average Bonchev–Trinajstić information content (AvgIpc) is 2.44. The third-order valence-corrected chi connectivity index (χ3v) is 4.11. The first-order valence-corrected chi connectivity index (χ1v) is 7.47. The average molecular weight is 277 g/mol. The van der Waals surface area contributed by atoms with E-state index in [-0.39, 0.29) is 5.41 Å². The second-order valence-electron chi connectivity index (χ2n) is 6.59. The van der Waals surface area contributed by atoms with Gasteiger partial charge in [-0.1, -0.05) is 39.0 Å². The first kappa shape index (κ1) is 15.3. The summed E-state index contributed by atoms with van der Waals surface area (Å²) in [7, 11) is 1.76. The van der Waals surface area contributed by atoms with E-state index in [1.807, 2.05) is 6.07 Å². The molecule has 0 saturated heterocycles. The molecule has 0 saturated carbocycles. The first-order chi connectivity index (χ1) is 9.53. The summed E-state index contributed by atoms with van der Waals surface area (Å²) in [6, 6.07) is 8.73. The maximum absolute atomic E-state index is 5.80. The van der Waals surface area contributed by atoms with E-state index in [1.54, 1.807) is 7.11 Å². The largest absolute Gasteiger partial charge is 0.493 e. The number of fused-ring (bicyclic) bond motifs is 1. The van der Waals surface area contributed by atoms with Gasteiger partial charge in [-0.25, -0.2) is 0 Å². The molecule has 3 nitrogen and oxygen atoms in total. The van der Waals surface area contributed by atoms with Gasteiger partial charge in [0.15, 0.2) is 0 Å². The van der Waals surface area contributed by atoms with Crippen LogP contribution < -0.4 is 10.1 Å². The fourth-order valence-corrected chi connectivity index (χ4v) is 2.66. The van der Waals surface area contributed by atoms with Crippen LogP contribution in [-0.2, 0) is 4.74 Å². The van der Waals surface area contributed by atoms with Crippen molar-refractivity contribution in [2.24, 2.45) is 11.3 Å². The van der Waals surface area contributed by atoms with E-state index >= 15 is 0 Å². The molecule has 1 heterocycles. The van der Waals surface area contributed by atoms with Crippen molar-refractivity contribution in [3.8, 4) is 5.75 Å². The molecule has 3 heteroatoms. The minimum absolute atomic E-state index is 0.239. The molecular formula is C17H27NO2. The van der Waals surface area contributed by atoms with Crippen LogP contribution >= 0.6 is 0 Å². The van der Waals surface area contributed by atoms with Crippen molar-refractivity contribution in [1.29, 1.82) is 0 Å². The Balaban J connectivity index is 2.02. The predicted molar refractivity (Wildman–Crippen MR) is 82.1 cm³/mol. The number of benzene rings is 1. The molecule has 2 unspecified atom stereocenters. The molecule has 0 fully saturated rings. The number of rotatable bonds is 6. The first-order valence-electron chi connectivity index (χ1n) is 7.47. The van der Waals surface area contributed by atoms with Crippen LogP contribution in [0.15, 0.2) is 24.3 Å². The highest BCUT2D eigenvalue weighted by Gasteiger charge is 2.29. The quantitative estimate of drug-likeness (QED) is 0.864. The highest BCUT2D eigenvalue weighted by molar-refractivity contribution is 5.37. The van der Waals surface area contributed by atoms with Crippen molar-refractivity contribution in [1.82, 2.24) is 5.32 Å². The zero-order valence-electron chi connectivity index (χ0n) is 13.1. The monoisotopic (exact) mass is 277 g/mol. The lowest BCUT2D eigenvalue weighted by molar-refractivity contribution is 0.138. The van der Waals surface area contributed by atoms with E-state index in [2.05, 4.69) is 44.3 Å². The van der Waals surface area contributed by atoms with Crippen LogP contribution in [0.5, 0.6) is 5.75 Å². The van der Waals surface area contributed by atoms with E-state index < -0.39 is 0 Å². The summed E-state index contributed by atoms with van der Waals surface area (Å²) < 4.78 is 11.0. The Morgan fingerprint density at radius 1 is 1.35 bits per heavy atom. The van der Waals surface area contributed by atoms with Crippen molar-refractivity contribution in [3.63, 3.8) is 0 Å². The highest BCUT2D eigenvalue weighted by Crippen LogP contribution is 2.35. The Hall–Kier alpha value is -1.06. The van der Waals surface area contributed by atoms with Gasteiger partial charge in [-0.3, -0.25) is 0 Å². The van der Waals surface area contributed by atoms with Crippen LogP contribution in [-0.4, -0.2) is 26.9 Å². The summed E-state index contributed by atoms with van der Waals surface area (Å²) in [5.41, 5.74) is 1.52. The van der Waals surface area contributed by atoms with Crippen molar-refractivity contribution < 1.29 is 9.47 Å². The minimum atomic E-state index is 0.239. The third kappa shape index (κ3) is 3.74. The molecule has 2 rings (SSSR count). The summed E-state index contributed by atoms with van der Waals surface area (Å²) in [4.78, 5) is 0. The summed E-state index contributed by atoms with van der Waals surface area (Å²) in [6.45, 7) is 9.40. The van der Waals surface area contributed by atoms with Crippen molar-refractivity contribution in [2.45, 2.75) is 33.2 Å². The lowest BCUT2D eigenvalue weighted by atomic mass is 9.87. The van der Waals surface area contributed by atoms with Gasteiger partial charge in [0.05, 0.1) is 6.61 Å². The maximum Gasteiger partial charge on any atom is 0.124 e. The fourth-order valence-electron chi connectivity index (χ4n) is 2.66. The van der Waals surface area contributed by atoms with E-state index in [4.69, 9.17) is 9.47 Å². The number of para-hydroxylation sites is 1. The maximum atomic E-state index is 5.80. The molecule has 1 N–H and O–H groups in total. The van der Waals surface area contributed by atoms with Gasteiger partial charge in [0.1, 0.15) is 5.75 Å². The van der Waals surface area contributed by atoms with Crippen LogP contribution in [0.3, 0.4) is 0 Å². The molecule has 0 spiro atoms. The zero-order valence-corrected chi connectivity index (χ0v) is 13.1. The van der Waals surface area contributed by atoms with Crippen molar-refractivity contribution in [3.05, 3.63) is 29.8 Å². The topological polar surface area (TPSA) is 30.5 Å². The number of hydrogen-bond donors (Lipinski definition) is 1.